The highest BCUT2D eigenvalue weighted by molar-refractivity contribution is 5.89. The lowest BCUT2D eigenvalue weighted by Gasteiger charge is -2.26. The number of hydrogen-bond acceptors (Lipinski definition) is 2. The third kappa shape index (κ3) is 6.51. The van der Waals surface area contributed by atoms with Crippen molar-refractivity contribution in [3.63, 3.8) is 0 Å². The summed E-state index contributed by atoms with van der Waals surface area (Å²) in [6.45, 7) is 12.1. The normalized spacial score (nSPS) is 11.7. The van der Waals surface area contributed by atoms with Crippen LogP contribution in [0.15, 0.2) is 170 Å². The molecule has 5 rings (SSSR count). The van der Waals surface area contributed by atoms with Gasteiger partial charge in [-0.3, -0.25) is 0 Å². The van der Waals surface area contributed by atoms with Crippen molar-refractivity contribution >= 4 is 45.7 Å². The maximum absolute atomic E-state index is 4.24. The minimum atomic E-state index is 0.907. The van der Waals surface area contributed by atoms with Gasteiger partial charge in [0, 0.05) is 34.1 Å². The molecule has 0 aliphatic heterocycles. The summed E-state index contributed by atoms with van der Waals surface area (Å²) in [5.41, 5.74) is 8.67. The lowest BCUT2D eigenvalue weighted by molar-refractivity contribution is 1.10. The van der Waals surface area contributed by atoms with Crippen molar-refractivity contribution in [3.05, 3.63) is 181 Å². The summed E-state index contributed by atoms with van der Waals surface area (Å²) in [4.78, 5) is 4.43. The molecule has 0 heterocycles. The Morgan fingerprint density at radius 3 is 1.79 bits per heavy atom. The van der Waals surface area contributed by atoms with Crippen LogP contribution >= 0.6 is 0 Å². The molecule has 0 saturated carbocycles. The van der Waals surface area contributed by atoms with Crippen molar-refractivity contribution in [1.29, 1.82) is 0 Å². The Kier molecular flexibility index (Phi) is 8.96. The molecule has 0 aromatic heterocycles. The molecule has 0 aliphatic rings. The molecule has 0 N–H and O–H groups in total. The van der Waals surface area contributed by atoms with Gasteiger partial charge in [-0.1, -0.05) is 110 Å². The van der Waals surface area contributed by atoms with Crippen molar-refractivity contribution in [2.24, 2.45) is 0 Å². The summed E-state index contributed by atoms with van der Waals surface area (Å²) in [7, 11) is 0. The Balaban J connectivity index is 1.38. The van der Waals surface area contributed by atoms with E-state index < -0.39 is 0 Å². The van der Waals surface area contributed by atoms with E-state index in [4.69, 9.17) is 0 Å². The number of nitrogens with zero attached hydrogens (tertiary/aromatic N) is 2. The molecule has 42 heavy (non-hydrogen) atoms. The lowest BCUT2D eigenvalue weighted by Crippen LogP contribution is -2.18. The Bertz CT molecular complexity index is 1760. The molecule has 0 radical (unpaired) electrons. The second-order valence-electron chi connectivity index (χ2n) is 10.1. The minimum Gasteiger partial charge on any atom is -0.315 e. The maximum Gasteiger partial charge on any atom is 0.0468 e. The Hall–Kier alpha value is -5.34. The Morgan fingerprint density at radius 2 is 1.17 bits per heavy atom. The quantitative estimate of drug-likeness (QED) is 0.127. The van der Waals surface area contributed by atoms with Crippen LogP contribution in [0.3, 0.4) is 0 Å². The largest absolute Gasteiger partial charge is 0.315 e. The van der Waals surface area contributed by atoms with Crippen molar-refractivity contribution in [2.75, 3.05) is 9.80 Å². The molecule has 0 unspecified atom stereocenters. The summed E-state index contributed by atoms with van der Waals surface area (Å²) < 4.78 is 0. The van der Waals surface area contributed by atoms with Gasteiger partial charge in [-0.25, -0.2) is 0 Å². The summed E-state index contributed by atoms with van der Waals surface area (Å²) in [6.07, 6.45) is 12.1. The van der Waals surface area contributed by atoms with Gasteiger partial charge in [-0.2, -0.15) is 0 Å². The van der Waals surface area contributed by atoms with Crippen LogP contribution in [-0.2, 0) is 0 Å². The number of para-hydroxylation sites is 1. The van der Waals surface area contributed by atoms with E-state index in [0.717, 1.165) is 45.3 Å². The third-order valence-corrected chi connectivity index (χ3v) is 7.13. The van der Waals surface area contributed by atoms with E-state index in [-0.39, 0.29) is 0 Å². The number of fused-ring (bicyclic) bond motifs is 1. The molecule has 0 spiro atoms. The van der Waals surface area contributed by atoms with E-state index in [1.54, 1.807) is 6.08 Å². The van der Waals surface area contributed by atoms with Gasteiger partial charge in [-0.15, -0.1) is 0 Å². The van der Waals surface area contributed by atoms with Gasteiger partial charge in [0.15, 0.2) is 0 Å². The number of allylic oxidation sites excluding steroid dienone is 5. The standard InChI is InChI=1S/C40H36N2/c1-5-12-31(3)41(32(4)13-6-2)38-25-20-33(21-26-38)18-19-34-22-27-39(28-23-34)42(37-16-8-7-9-17-37)40-29-24-35-14-10-11-15-36(35)30-40/h5-30H,1,4H2,2-3H3/b13-6-,19-18-,31-12+. The molecule has 0 atom stereocenters. The highest BCUT2D eigenvalue weighted by Crippen LogP contribution is 2.36. The van der Waals surface area contributed by atoms with Gasteiger partial charge >= 0.3 is 0 Å². The monoisotopic (exact) mass is 544 g/mol. The summed E-state index contributed by atoms with van der Waals surface area (Å²) >= 11 is 0. The first kappa shape index (κ1) is 28.2. The highest BCUT2D eigenvalue weighted by atomic mass is 15.1. The molecule has 0 amide bonds. The van der Waals surface area contributed by atoms with E-state index in [1.165, 1.54) is 10.8 Å². The van der Waals surface area contributed by atoms with Crippen LogP contribution in [0.25, 0.3) is 22.9 Å². The molecule has 0 saturated heterocycles. The Morgan fingerprint density at radius 1 is 0.619 bits per heavy atom. The first-order valence-electron chi connectivity index (χ1n) is 14.2. The molecule has 2 heteroatoms. The van der Waals surface area contributed by atoms with Crippen LogP contribution in [0.5, 0.6) is 0 Å². The van der Waals surface area contributed by atoms with E-state index >= 15 is 0 Å². The first-order valence-corrected chi connectivity index (χ1v) is 14.2. The van der Waals surface area contributed by atoms with Crippen LogP contribution in [0.2, 0.25) is 0 Å². The van der Waals surface area contributed by atoms with E-state index in [9.17, 15) is 0 Å². The fourth-order valence-corrected chi connectivity index (χ4v) is 5.11. The molecule has 5 aromatic rings. The van der Waals surface area contributed by atoms with Crippen molar-refractivity contribution < 1.29 is 0 Å². The predicted molar refractivity (Wildman–Crippen MR) is 184 cm³/mol. The molecule has 0 aliphatic carbocycles. The van der Waals surface area contributed by atoms with Crippen LogP contribution in [-0.4, -0.2) is 0 Å². The van der Waals surface area contributed by atoms with Crippen LogP contribution in [0, 0.1) is 0 Å². The molecule has 206 valence electrons. The van der Waals surface area contributed by atoms with Crippen LogP contribution in [0.1, 0.15) is 25.0 Å². The molecular weight excluding hydrogens is 508 g/mol. The SMILES string of the molecule is C=C/C=C(\C)N(C(=C)/C=C\C)c1ccc(/C=C\c2ccc(N(c3ccccc3)c3ccc4ccccc4c3)cc2)cc1. The first-order chi connectivity index (χ1) is 20.6. The van der Waals surface area contributed by atoms with Gasteiger partial charge in [0.2, 0.25) is 0 Å². The van der Waals surface area contributed by atoms with Gasteiger partial charge in [0.1, 0.15) is 0 Å². The number of hydrogen-bond donors (Lipinski definition) is 0. The van der Waals surface area contributed by atoms with E-state index in [0.29, 0.717) is 0 Å². The smallest absolute Gasteiger partial charge is 0.0468 e. The van der Waals surface area contributed by atoms with Gasteiger partial charge < -0.3 is 9.80 Å². The number of benzene rings is 5. The lowest BCUT2D eigenvalue weighted by atomic mass is 10.1. The number of rotatable bonds is 10. The molecule has 5 aromatic carbocycles. The van der Waals surface area contributed by atoms with E-state index in [1.807, 2.05) is 25.2 Å². The van der Waals surface area contributed by atoms with Gasteiger partial charge in [0.05, 0.1) is 0 Å². The topological polar surface area (TPSA) is 6.48 Å². The maximum atomic E-state index is 4.24. The van der Waals surface area contributed by atoms with Crippen molar-refractivity contribution in [1.82, 2.24) is 0 Å². The summed E-state index contributed by atoms with van der Waals surface area (Å²) in [5.74, 6) is 0. The van der Waals surface area contributed by atoms with Gasteiger partial charge in [0.25, 0.3) is 0 Å². The average Bonchev–Trinajstić information content (AvgIpc) is 3.02. The second-order valence-corrected chi connectivity index (χ2v) is 10.1. The summed E-state index contributed by atoms with van der Waals surface area (Å²) in [5, 5.41) is 2.46. The van der Waals surface area contributed by atoms with Gasteiger partial charge in [-0.05, 0) is 96.4 Å². The fourth-order valence-electron chi connectivity index (χ4n) is 5.11. The number of anilines is 4. The average molecular weight is 545 g/mol. The predicted octanol–water partition coefficient (Wildman–Crippen LogP) is 11.5. The molecule has 0 bridgehead atoms. The minimum absolute atomic E-state index is 0.907. The second kappa shape index (κ2) is 13.3. The summed E-state index contributed by atoms with van der Waals surface area (Å²) in [6, 6.07) is 42.9. The zero-order valence-corrected chi connectivity index (χ0v) is 24.3. The zero-order chi connectivity index (χ0) is 29.3. The molecular formula is C40H36N2. The third-order valence-electron chi connectivity index (χ3n) is 7.13. The van der Waals surface area contributed by atoms with Crippen molar-refractivity contribution in [2.45, 2.75) is 13.8 Å². The fraction of sp³-hybridized carbons (Fsp3) is 0.0500. The molecule has 2 nitrogen and oxygen atoms in total. The Labute approximate surface area is 250 Å². The van der Waals surface area contributed by atoms with Crippen molar-refractivity contribution in [3.8, 4) is 0 Å². The highest BCUT2D eigenvalue weighted by Gasteiger charge is 2.13. The zero-order valence-electron chi connectivity index (χ0n) is 24.3. The van der Waals surface area contributed by atoms with Crippen LogP contribution in [0.4, 0.5) is 22.7 Å². The molecule has 0 fully saturated rings. The van der Waals surface area contributed by atoms with E-state index in [2.05, 4.69) is 163 Å². The van der Waals surface area contributed by atoms with Crippen LogP contribution < -0.4 is 9.80 Å².